The Morgan fingerprint density at radius 1 is 1.16 bits per heavy atom. The number of ether oxygens (including phenoxy) is 1. The van der Waals surface area contributed by atoms with Gasteiger partial charge in [0.2, 0.25) is 6.23 Å². The molecule has 9 nitrogen and oxygen atoms in total. The first-order chi connectivity index (χ1) is 15.4. The Bertz CT molecular complexity index is 1210. The maximum absolute atomic E-state index is 13.0. The third kappa shape index (κ3) is 2.81. The molecule has 0 saturated carbocycles. The Balaban J connectivity index is 1.50. The van der Waals surface area contributed by atoms with Gasteiger partial charge in [0.25, 0.3) is 11.8 Å². The lowest BCUT2D eigenvalue weighted by molar-refractivity contribution is -0.124. The minimum absolute atomic E-state index is 0.239. The SMILES string of the molecule is CC1=C(C)C(O/C=C2/C(=O)N(C(=O)O)C3c4ccccc4CC23)N(c2cncnc2)C1=O. The van der Waals surface area contributed by atoms with Crippen LogP contribution in [0.1, 0.15) is 31.0 Å². The molecule has 1 aliphatic carbocycles. The number of hydrogen-bond acceptors (Lipinski definition) is 6. The van der Waals surface area contributed by atoms with Gasteiger partial charge in [-0.15, -0.1) is 0 Å². The molecule has 3 heterocycles. The van der Waals surface area contributed by atoms with Gasteiger partial charge in [-0.25, -0.2) is 19.7 Å². The van der Waals surface area contributed by atoms with Crippen molar-refractivity contribution in [1.82, 2.24) is 14.9 Å². The van der Waals surface area contributed by atoms with Crippen molar-refractivity contribution < 1.29 is 24.2 Å². The number of nitrogens with zero attached hydrogens (tertiary/aromatic N) is 4. The van der Waals surface area contributed by atoms with E-state index in [-0.39, 0.29) is 17.4 Å². The fraction of sp³-hybridized carbons (Fsp3) is 0.261. The van der Waals surface area contributed by atoms with Gasteiger partial charge in [-0.2, -0.15) is 0 Å². The minimum atomic E-state index is -1.30. The number of carboxylic acid groups (broad SMARTS) is 1. The van der Waals surface area contributed by atoms with Gasteiger partial charge in [0.1, 0.15) is 6.33 Å². The normalized spacial score (nSPS) is 25.6. The Labute approximate surface area is 183 Å². The number of rotatable bonds is 3. The van der Waals surface area contributed by atoms with Crippen molar-refractivity contribution in [2.24, 2.45) is 5.92 Å². The van der Waals surface area contributed by atoms with Crippen molar-refractivity contribution in [2.75, 3.05) is 4.90 Å². The maximum Gasteiger partial charge on any atom is 0.414 e. The zero-order valence-corrected chi connectivity index (χ0v) is 17.4. The molecular formula is C23H20N4O5. The van der Waals surface area contributed by atoms with Gasteiger partial charge < -0.3 is 9.84 Å². The second kappa shape index (κ2) is 7.30. The van der Waals surface area contributed by atoms with Crippen LogP contribution >= 0.6 is 0 Å². The molecule has 0 spiro atoms. The summed E-state index contributed by atoms with van der Waals surface area (Å²) in [6.07, 6.45) is 4.18. The lowest BCUT2D eigenvalue weighted by Crippen LogP contribution is -2.37. The molecule has 9 heteroatoms. The van der Waals surface area contributed by atoms with Crippen molar-refractivity contribution >= 4 is 23.6 Å². The summed E-state index contributed by atoms with van der Waals surface area (Å²) < 4.78 is 6.00. The molecule has 32 heavy (non-hydrogen) atoms. The molecule has 3 atom stereocenters. The molecule has 1 fully saturated rings. The number of benzene rings is 1. The van der Waals surface area contributed by atoms with Crippen molar-refractivity contribution in [3.05, 3.63) is 77.1 Å². The van der Waals surface area contributed by atoms with E-state index in [4.69, 9.17) is 4.74 Å². The number of anilines is 1. The van der Waals surface area contributed by atoms with Crippen LogP contribution in [0.2, 0.25) is 0 Å². The number of carbonyl (C=O) groups is 3. The topological polar surface area (TPSA) is 113 Å². The summed E-state index contributed by atoms with van der Waals surface area (Å²) in [5.41, 5.74) is 3.83. The van der Waals surface area contributed by atoms with Crippen LogP contribution in [0.3, 0.4) is 0 Å². The summed E-state index contributed by atoms with van der Waals surface area (Å²) in [4.78, 5) is 48.0. The highest BCUT2D eigenvalue weighted by molar-refractivity contribution is 6.09. The van der Waals surface area contributed by atoms with Crippen LogP contribution in [0.15, 0.2) is 66.0 Å². The number of imide groups is 1. The molecule has 0 radical (unpaired) electrons. The van der Waals surface area contributed by atoms with E-state index in [1.165, 1.54) is 29.9 Å². The number of fused-ring (bicyclic) bond motifs is 3. The predicted molar refractivity (Wildman–Crippen MR) is 112 cm³/mol. The largest absolute Gasteiger partial charge is 0.473 e. The molecule has 3 aliphatic rings. The molecule has 162 valence electrons. The van der Waals surface area contributed by atoms with Gasteiger partial charge in [-0.1, -0.05) is 24.3 Å². The first-order valence-corrected chi connectivity index (χ1v) is 10.2. The third-order valence-corrected chi connectivity index (χ3v) is 6.43. The lowest BCUT2D eigenvalue weighted by Gasteiger charge is -2.25. The number of hydrogen-bond donors (Lipinski definition) is 1. The van der Waals surface area contributed by atoms with Crippen LogP contribution in [0.25, 0.3) is 0 Å². The van der Waals surface area contributed by atoms with E-state index >= 15 is 0 Å². The average Bonchev–Trinajstić information content (AvgIpc) is 3.36. The highest BCUT2D eigenvalue weighted by atomic mass is 16.5. The Morgan fingerprint density at radius 2 is 1.88 bits per heavy atom. The summed E-state index contributed by atoms with van der Waals surface area (Å²) in [7, 11) is 0. The third-order valence-electron chi connectivity index (χ3n) is 6.43. The molecule has 2 aromatic rings. The standard InChI is InChI=1S/C23H20N4O5/c1-12-13(2)22(26(20(12)28)15-8-24-11-25-9-15)32-10-18-17-7-14-5-3-4-6-16(14)19(17)27(21(18)29)23(30)31/h3-6,8-11,17,19,22H,7H2,1-2H3,(H,30,31)/b18-10+. The lowest BCUT2D eigenvalue weighted by atomic mass is 9.97. The zero-order chi connectivity index (χ0) is 22.6. The number of carbonyl (C=O) groups excluding carboxylic acids is 2. The van der Waals surface area contributed by atoms with Crippen LogP contribution in [-0.4, -0.2) is 44.1 Å². The molecule has 1 saturated heterocycles. The first-order valence-electron chi connectivity index (χ1n) is 10.2. The van der Waals surface area contributed by atoms with E-state index in [2.05, 4.69) is 9.97 Å². The fourth-order valence-corrected chi connectivity index (χ4v) is 4.74. The van der Waals surface area contributed by atoms with Crippen LogP contribution < -0.4 is 4.90 Å². The first kappa shape index (κ1) is 19.9. The molecule has 1 aromatic heterocycles. The Morgan fingerprint density at radius 3 is 2.59 bits per heavy atom. The van der Waals surface area contributed by atoms with Gasteiger partial charge in [-0.05, 0) is 37.0 Å². The van der Waals surface area contributed by atoms with Crippen molar-refractivity contribution in [1.29, 1.82) is 0 Å². The summed E-state index contributed by atoms with van der Waals surface area (Å²) in [5.74, 6) is -1.18. The molecule has 1 N–H and O–H groups in total. The smallest absolute Gasteiger partial charge is 0.414 e. The van der Waals surface area contributed by atoms with Crippen molar-refractivity contribution in [3.8, 4) is 0 Å². The van der Waals surface area contributed by atoms with Gasteiger partial charge in [0.05, 0.1) is 36.0 Å². The molecule has 2 aliphatic heterocycles. The van der Waals surface area contributed by atoms with Gasteiger partial charge in [-0.3, -0.25) is 14.5 Å². The number of likely N-dealkylation sites (tertiary alicyclic amines) is 1. The van der Waals surface area contributed by atoms with E-state index < -0.39 is 24.3 Å². The Hall–Kier alpha value is -4.01. The van der Waals surface area contributed by atoms with E-state index in [1.54, 1.807) is 13.8 Å². The second-order valence-corrected chi connectivity index (χ2v) is 8.05. The van der Waals surface area contributed by atoms with Crippen LogP contribution in [0.5, 0.6) is 0 Å². The number of aromatic nitrogens is 2. The zero-order valence-electron chi connectivity index (χ0n) is 17.4. The second-order valence-electron chi connectivity index (χ2n) is 8.05. The fourth-order valence-electron chi connectivity index (χ4n) is 4.74. The highest BCUT2D eigenvalue weighted by Crippen LogP contribution is 2.49. The van der Waals surface area contributed by atoms with E-state index in [1.807, 2.05) is 24.3 Å². The minimum Gasteiger partial charge on any atom is -0.473 e. The van der Waals surface area contributed by atoms with Crippen molar-refractivity contribution in [2.45, 2.75) is 32.5 Å². The van der Waals surface area contributed by atoms with Gasteiger partial charge >= 0.3 is 6.09 Å². The molecule has 3 unspecified atom stereocenters. The van der Waals surface area contributed by atoms with E-state index in [0.29, 0.717) is 23.3 Å². The van der Waals surface area contributed by atoms with Gasteiger partial charge in [0, 0.05) is 11.5 Å². The van der Waals surface area contributed by atoms with E-state index in [0.717, 1.165) is 16.0 Å². The molecule has 3 amide bonds. The highest BCUT2D eigenvalue weighted by Gasteiger charge is 2.52. The van der Waals surface area contributed by atoms with Gasteiger partial charge in [0.15, 0.2) is 0 Å². The monoisotopic (exact) mass is 432 g/mol. The van der Waals surface area contributed by atoms with Crippen LogP contribution in [0, 0.1) is 5.92 Å². The average molecular weight is 432 g/mol. The molecular weight excluding hydrogens is 412 g/mol. The maximum atomic E-state index is 13.0. The summed E-state index contributed by atoms with van der Waals surface area (Å²) >= 11 is 0. The predicted octanol–water partition coefficient (Wildman–Crippen LogP) is 2.82. The number of amides is 3. The molecule has 5 rings (SSSR count). The van der Waals surface area contributed by atoms with Crippen LogP contribution in [0.4, 0.5) is 10.5 Å². The summed E-state index contributed by atoms with van der Waals surface area (Å²) in [5, 5.41) is 9.72. The summed E-state index contributed by atoms with van der Waals surface area (Å²) in [6, 6.07) is 6.96. The van der Waals surface area contributed by atoms with Crippen LogP contribution in [-0.2, 0) is 20.7 Å². The van der Waals surface area contributed by atoms with E-state index in [9.17, 15) is 19.5 Å². The van der Waals surface area contributed by atoms with Crippen molar-refractivity contribution in [3.63, 3.8) is 0 Å². The molecule has 1 aromatic carbocycles. The quantitative estimate of drug-likeness (QED) is 0.586. The molecule has 0 bridgehead atoms. The summed E-state index contributed by atoms with van der Waals surface area (Å²) in [6.45, 7) is 3.50. The Kier molecular flexibility index (Phi) is 4.54.